The Morgan fingerprint density at radius 1 is 1.40 bits per heavy atom. The lowest BCUT2D eigenvalue weighted by atomic mass is 9.82. The molecule has 2 aliphatic rings. The molecular weight excluding hydrogens is 184 g/mol. The summed E-state index contributed by atoms with van der Waals surface area (Å²) in [5, 5.41) is 3.38. The smallest absolute Gasteiger partial charge is 0.00328 e. The second-order valence-electron chi connectivity index (χ2n) is 6.40. The summed E-state index contributed by atoms with van der Waals surface area (Å²) in [6, 6.07) is 0. The van der Waals surface area contributed by atoms with E-state index in [1.165, 1.54) is 45.6 Å². The third kappa shape index (κ3) is 2.94. The number of hydrogen-bond donors (Lipinski definition) is 1. The minimum atomic E-state index is 0.551. The molecule has 0 bridgehead atoms. The molecule has 0 spiro atoms. The molecule has 88 valence electrons. The van der Waals surface area contributed by atoms with Crippen LogP contribution in [0.4, 0.5) is 0 Å². The number of hydrogen-bond acceptors (Lipinski definition) is 2. The van der Waals surface area contributed by atoms with Gasteiger partial charge in [0, 0.05) is 13.1 Å². The summed E-state index contributed by atoms with van der Waals surface area (Å²) in [4.78, 5) is 2.69. The van der Waals surface area contributed by atoms with Gasteiger partial charge in [0.25, 0.3) is 0 Å². The van der Waals surface area contributed by atoms with Gasteiger partial charge in [-0.3, -0.25) is 0 Å². The maximum absolute atomic E-state index is 3.38. The lowest BCUT2D eigenvalue weighted by molar-refractivity contribution is 0.0848. The summed E-state index contributed by atoms with van der Waals surface area (Å²) in [7, 11) is 0. The Balaban J connectivity index is 1.78. The summed E-state index contributed by atoms with van der Waals surface area (Å²) >= 11 is 0. The number of nitrogens with one attached hydrogen (secondary N) is 1. The van der Waals surface area contributed by atoms with Crippen molar-refractivity contribution in [2.45, 2.75) is 33.6 Å². The molecule has 2 fully saturated rings. The predicted molar refractivity (Wildman–Crippen MR) is 65.0 cm³/mol. The van der Waals surface area contributed by atoms with E-state index in [4.69, 9.17) is 0 Å². The molecule has 2 heterocycles. The zero-order valence-corrected chi connectivity index (χ0v) is 10.6. The third-order valence-corrected chi connectivity index (χ3v) is 4.14. The molecule has 1 N–H and O–H groups in total. The van der Waals surface area contributed by atoms with Crippen molar-refractivity contribution in [3.8, 4) is 0 Å². The van der Waals surface area contributed by atoms with Crippen LogP contribution in [0.25, 0.3) is 0 Å². The molecule has 1 atom stereocenters. The maximum Gasteiger partial charge on any atom is 0.00328 e. The van der Waals surface area contributed by atoms with E-state index in [1.54, 1.807) is 0 Å². The van der Waals surface area contributed by atoms with Gasteiger partial charge in [0.15, 0.2) is 0 Å². The Bertz CT molecular complexity index is 209. The van der Waals surface area contributed by atoms with Crippen molar-refractivity contribution in [2.75, 3.05) is 32.7 Å². The normalized spacial score (nSPS) is 29.8. The monoisotopic (exact) mass is 210 g/mol. The Morgan fingerprint density at radius 3 is 2.67 bits per heavy atom. The highest BCUT2D eigenvalue weighted by molar-refractivity contribution is 4.84. The fourth-order valence-corrected chi connectivity index (χ4v) is 2.97. The zero-order valence-electron chi connectivity index (χ0n) is 10.6. The summed E-state index contributed by atoms with van der Waals surface area (Å²) < 4.78 is 0. The molecule has 1 unspecified atom stereocenters. The molecule has 0 aromatic heterocycles. The highest BCUT2D eigenvalue weighted by atomic mass is 15.1. The van der Waals surface area contributed by atoms with Crippen molar-refractivity contribution in [1.29, 1.82) is 0 Å². The quantitative estimate of drug-likeness (QED) is 0.766. The van der Waals surface area contributed by atoms with E-state index >= 15 is 0 Å². The van der Waals surface area contributed by atoms with Crippen LogP contribution in [-0.4, -0.2) is 37.6 Å². The average molecular weight is 210 g/mol. The van der Waals surface area contributed by atoms with Crippen molar-refractivity contribution in [2.24, 2.45) is 17.3 Å². The van der Waals surface area contributed by atoms with E-state index in [2.05, 4.69) is 31.0 Å². The maximum atomic E-state index is 3.38. The van der Waals surface area contributed by atoms with Gasteiger partial charge >= 0.3 is 0 Å². The number of likely N-dealkylation sites (tertiary alicyclic amines) is 1. The molecule has 0 radical (unpaired) electrons. The third-order valence-electron chi connectivity index (χ3n) is 4.14. The molecule has 2 aliphatic heterocycles. The van der Waals surface area contributed by atoms with E-state index in [9.17, 15) is 0 Å². The van der Waals surface area contributed by atoms with Gasteiger partial charge in [0.1, 0.15) is 0 Å². The first-order chi connectivity index (χ1) is 7.07. The van der Waals surface area contributed by atoms with E-state index < -0.39 is 0 Å². The van der Waals surface area contributed by atoms with Crippen LogP contribution in [-0.2, 0) is 0 Å². The van der Waals surface area contributed by atoms with Gasteiger partial charge < -0.3 is 10.2 Å². The number of nitrogens with zero attached hydrogens (tertiary/aromatic N) is 1. The Morgan fingerprint density at radius 2 is 2.13 bits per heavy atom. The Hall–Kier alpha value is -0.0800. The molecule has 2 nitrogen and oxygen atoms in total. The van der Waals surface area contributed by atoms with Gasteiger partial charge in [-0.15, -0.1) is 0 Å². The summed E-state index contributed by atoms with van der Waals surface area (Å²) in [5.41, 5.74) is 0.551. The fraction of sp³-hybridized carbons (Fsp3) is 1.00. The van der Waals surface area contributed by atoms with E-state index in [-0.39, 0.29) is 0 Å². The molecule has 15 heavy (non-hydrogen) atoms. The van der Waals surface area contributed by atoms with E-state index in [0.717, 1.165) is 11.8 Å². The first kappa shape index (κ1) is 11.4. The second kappa shape index (κ2) is 4.42. The molecule has 0 aliphatic carbocycles. The highest BCUT2D eigenvalue weighted by Gasteiger charge is 2.30. The molecule has 0 aromatic carbocycles. The van der Waals surface area contributed by atoms with E-state index in [1.807, 2.05) is 0 Å². The molecule has 0 aromatic rings. The van der Waals surface area contributed by atoms with Crippen LogP contribution in [0.3, 0.4) is 0 Å². The molecule has 2 heteroatoms. The van der Waals surface area contributed by atoms with Crippen molar-refractivity contribution in [1.82, 2.24) is 10.2 Å². The van der Waals surface area contributed by atoms with Gasteiger partial charge in [-0.1, -0.05) is 20.8 Å². The molecular formula is C13H26N2. The molecule has 0 saturated carbocycles. The fourth-order valence-electron chi connectivity index (χ4n) is 2.97. The Labute approximate surface area is 94.4 Å². The molecule has 0 amide bonds. The Kier molecular flexibility index (Phi) is 3.36. The van der Waals surface area contributed by atoms with Gasteiger partial charge in [0.2, 0.25) is 0 Å². The summed E-state index contributed by atoms with van der Waals surface area (Å²) in [6.45, 7) is 13.7. The molecule has 2 rings (SSSR count). The summed E-state index contributed by atoms with van der Waals surface area (Å²) in [5.74, 6) is 1.81. The van der Waals surface area contributed by atoms with Crippen LogP contribution < -0.4 is 5.32 Å². The van der Waals surface area contributed by atoms with Gasteiger partial charge in [-0.05, 0) is 49.7 Å². The topological polar surface area (TPSA) is 15.3 Å². The van der Waals surface area contributed by atoms with Crippen LogP contribution in [0.5, 0.6) is 0 Å². The van der Waals surface area contributed by atoms with Crippen LogP contribution in [0.2, 0.25) is 0 Å². The van der Waals surface area contributed by atoms with Crippen LogP contribution >= 0.6 is 0 Å². The van der Waals surface area contributed by atoms with Gasteiger partial charge in [0.05, 0.1) is 0 Å². The highest BCUT2D eigenvalue weighted by Crippen LogP contribution is 2.29. The van der Waals surface area contributed by atoms with Crippen LogP contribution in [0, 0.1) is 17.3 Å². The number of piperidine rings is 1. The predicted octanol–water partition coefficient (Wildman–Crippen LogP) is 1.96. The largest absolute Gasteiger partial charge is 0.316 e. The lowest BCUT2D eigenvalue weighted by Crippen LogP contribution is -2.50. The van der Waals surface area contributed by atoms with Crippen LogP contribution in [0.1, 0.15) is 33.6 Å². The second-order valence-corrected chi connectivity index (χ2v) is 6.40. The minimum absolute atomic E-state index is 0.551. The lowest BCUT2D eigenvalue weighted by Gasteiger charge is -2.41. The van der Waals surface area contributed by atoms with Crippen LogP contribution in [0.15, 0.2) is 0 Å². The standard InChI is InChI=1S/C13H26N2/c1-11(12-7-14-8-12)9-15-6-4-5-13(2,3)10-15/h11-12,14H,4-10H2,1-3H3. The zero-order chi connectivity index (χ0) is 10.9. The SMILES string of the molecule is CC(CN1CCCC(C)(C)C1)C1CNC1. The van der Waals surface area contributed by atoms with Gasteiger partial charge in [-0.25, -0.2) is 0 Å². The van der Waals surface area contributed by atoms with Gasteiger partial charge in [-0.2, -0.15) is 0 Å². The van der Waals surface area contributed by atoms with Crippen molar-refractivity contribution >= 4 is 0 Å². The van der Waals surface area contributed by atoms with Crippen molar-refractivity contribution < 1.29 is 0 Å². The first-order valence-corrected chi connectivity index (χ1v) is 6.50. The van der Waals surface area contributed by atoms with E-state index in [0.29, 0.717) is 5.41 Å². The number of rotatable bonds is 3. The minimum Gasteiger partial charge on any atom is -0.316 e. The average Bonchev–Trinajstić information content (AvgIpc) is 1.97. The van der Waals surface area contributed by atoms with Crippen molar-refractivity contribution in [3.05, 3.63) is 0 Å². The molecule has 2 saturated heterocycles. The first-order valence-electron chi connectivity index (χ1n) is 6.50. The summed E-state index contributed by atoms with van der Waals surface area (Å²) in [6.07, 6.45) is 2.80. The van der Waals surface area contributed by atoms with Crippen molar-refractivity contribution in [3.63, 3.8) is 0 Å².